The quantitative estimate of drug-likeness (QED) is 0.529. The Kier molecular flexibility index (Phi) is 1.09. The van der Waals surface area contributed by atoms with Crippen molar-refractivity contribution in [1.82, 2.24) is 4.57 Å². The molecule has 50 valence electrons. The van der Waals surface area contributed by atoms with Gasteiger partial charge in [0.15, 0.2) is 0 Å². The molecule has 9 heavy (non-hydrogen) atoms. The van der Waals surface area contributed by atoms with E-state index < -0.39 is 5.76 Å². The molecule has 0 bridgehead atoms. The normalized spacial score (nSPS) is 10.0. The lowest BCUT2D eigenvalue weighted by atomic mass is 10.5. The molecular formula is C5H8N2O2. The number of anilines is 1. The second kappa shape index (κ2) is 1.65. The van der Waals surface area contributed by atoms with Crippen LogP contribution in [0.1, 0.15) is 5.69 Å². The lowest BCUT2D eigenvalue weighted by Crippen LogP contribution is -2.09. The van der Waals surface area contributed by atoms with Gasteiger partial charge in [-0.25, -0.2) is 4.79 Å². The fraction of sp³-hybridized carbons (Fsp3) is 0.400. The van der Waals surface area contributed by atoms with E-state index in [2.05, 4.69) is 4.42 Å². The van der Waals surface area contributed by atoms with Crippen molar-refractivity contribution < 1.29 is 4.42 Å². The number of hydrogen-bond donors (Lipinski definition) is 1. The van der Waals surface area contributed by atoms with E-state index >= 15 is 0 Å². The Morgan fingerprint density at radius 1 is 1.67 bits per heavy atom. The summed E-state index contributed by atoms with van der Waals surface area (Å²) in [5.74, 6) is -0.215. The molecule has 0 atom stereocenters. The summed E-state index contributed by atoms with van der Waals surface area (Å²) in [6, 6.07) is 0. The van der Waals surface area contributed by atoms with Crippen molar-refractivity contribution >= 4 is 5.88 Å². The molecule has 0 spiro atoms. The van der Waals surface area contributed by atoms with Crippen LogP contribution >= 0.6 is 0 Å². The maximum absolute atomic E-state index is 10.6. The summed E-state index contributed by atoms with van der Waals surface area (Å²) in [6.07, 6.45) is 0. The molecule has 0 unspecified atom stereocenters. The Balaban J connectivity index is 3.47. The molecule has 1 rings (SSSR count). The van der Waals surface area contributed by atoms with E-state index in [-0.39, 0.29) is 5.88 Å². The summed E-state index contributed by atoms with van der Waals surface area (Å²) in [5.41, 5.74) is 5.92. The molecule has 0 aliphatic rings. The van der Waals surface area contributed by atoms with Gasteiger partial charge < -0.3 is 10.2 Å². The highest BCUT2D eigenvalue weighted by Crippen LogP contribution is 2.03. The Morgan fingerprint density at radius 2 is 2.22 bits per heavy atom. The van der Waals surface area contributed by atoms with Crippen LogP contribution in [0.3, 0.4) is 0 Å². The summed E-state index contributed by atoms with van der Waals surface area (Å²) in [4.78, 5) is 10.6. The van der Waals surface area contributed by atoms with Gasteiger partial charge in [-0.3, -0.25) is 4.57 Å². The van der Waals surface area contributed by atoms with Crippen molar-refractivity contribution in [3.8, 4) is 0 Å². The largest absolute Gasteiger partial charge is 0.420 e. The SMILES string of the molecule is Cc1c(N)oc(=O)n1C. The number of aromatic nitrogens is 1. The predicted octanol–water partition coefficient (Wildman–Crippen LogP) is -0.131. The maximum atomic E-state index is 10.6. The van der Waals surface area contributed by atoms with Gasteiger partial charge in [-0.1, -0.05) is 0 Å². The predicted molar refractivity (Wildman–Crippen MR) is 33.1 cm³/mol. The molecule has 1 heterocycles. The molecule has 4 heteroatoms. The van der Waals surface area contributed by atoms with Crippen LogP contribution in [0.25, 0.3) is 0 Å². The Bertz CT molecular complexity index is 271. The van der Waals surface area contributed by atoms with Crippen LogP contribution in [-0.2, 0) is 7.05 Å². The van der Waals surface area contributed by atoms with Crippen molar-refractivity contribution in [2.45, 2.75) is 6.92 Å². The molecule has 0 aromatic carbocycles. The minimum absolute atomic E-state index is 0.197. The fourth-order valence-electron chi connectivity index (χ4n) is 0.539. The van der Waals surface area contributed by atoms with Crippen molar-refractivity contribution in [2.75, 3.05) is 5.73 Å². The molecule has 2 N–H and O–H groups in total. The number of rotatable bonds is 0. The first kappa shape index (κ1) is 5.94. The number of hydrogen-bond acceptors (Lipinski definition) is 3. The molecule has 0 fully saturated rings. The van der Waals surface area contributed by atoms with Gasteiger partial charge in [-0.15, -0.1) is 0 Å². The average molecular weight is 128 g/mol. The lowest BCUT2D eigenvalue weighted by molar-refractivity contribution is 0.509. The molecule has 0 saturated carbocycles. The summed E-state index contributed by atoms with van der Waals surface area (Å²) >= 11 is 0. The van der Waals surface area contributed by atoms with Gasteiger partial charge >= 0.3 is 5.76 Å². The van der Waals surface area contributed by atoms with E-state index in [1.807, 2.05) is 0 Å². The highest BCUT2D eigenvalue weighted by atomic mass is 16.4. The third kappa shape index (κ3) is 0.718. The van der Waals surface area contributed by atoms with Crippen LogP contribution in [-0.4, -0.2) is 4.57 Å². The van der Waals surface area contributed by atoms with Gasteiger partial charge in [0.05, 0.1) is 5.69 Å². The van der Waals surface area contributed by atoms with E-state index in [1.165, 1.54) is 4.57 Å². The highest BCUT2D eigenvalue weighted by Gasteiger charge is 2.03. The number of oxazole rings is 1. The Morgan fingerprint density at radius 3 is 2.33 bits per heavy atom. The van der Waals surface area contributed by atoms with E-state index in [4.69, 9.17) is 5.73 Å². The lowest BCUT2D eigenvalue weighted by Gasteiger charge is -1.87. The van der Waals surface area contributed by atoms with Gasteiger partial charge in [0.2, 0.25) is 5.88 Å². The zero-order valence-electron chi connectivity index (χ0n) is 5.34. The average Bonchev–Trinajstić information content (AvgIpc) is 1.98. The van der Waals surface area contributed by atoms with E-state index in [0.29, 0.717) is 5.69 Å². The first-order valence-corrected chi connectivity index (χ1v) is 2.55. The molecule has 0 aliphatic heterocycles. The molecule has 0 radical (unpaired) electrons. The minimum Gasteiger partial charge on any atom is -0.392 e. The highest BCUT2D eigenvalue weighted by molar-refractivity contribution is 5.28. The van der Waals surface area contributed by atoms with Gasteiger partial charge in [-0.2, -0.15) is 0 Å². The monoisotopic (exact) mass is 128 g/mol. The first-order valence-electron chi connectivity index (χ1n) is 2.55. The molecule has 1 aromatic rings. The number of nitrogens with zero attached hydrogens (tertiary/aromatic N) is 1. The van der Waals surface area contributed by atoms with Gasteiger partial charge in [-0.05, 0) is 6.92 Å². The Labute approximate surface area is 51.9 Å². The van der Waals surface area contributed by atoms with E-state index in [1.54, 1.807) is 14.0 Å². The van der Waals surface area contributed by atoms with Crippen LogP contribution in [0.4, 0.5) is 5.88 Å². The molecular weight excluding hydrogens is 120 g/mol. The van der Waals surface area contributed by atoms with Gasteiger partial charge in [0, 0.05) is 7.05 Å². The van der Waals surface area contributed by atoms with Gasteiger partial charge in [0.25, 0.3) is 0 Å². The zero-order valence-corrected chi connectivity index (χ0v) is 5.34. The molecule has 0 aliphatic carbocycles. The second-order valence-electron chi connectivity index (χ2n) is 1.88. The van der Waals surface area contributed by atoms with Crippen LogP contribution < -0.4 is 11.5 Å². The van der Waals surface area contributed by atoms with E-state index in [0.717, 1.165) is 0 Å². The van der Waals surface area contributed by atoms with Crippen LogP contribution in [0.5, 0.6) is 0 Å². The summed E-state index contributed by atoms with van der Waals surface area (Å²) in [6.45, 7) is 1.72. The maximum Gasteiger partial charge on any atom is 0.420 e. The van der Waals surface area contributed by atoms with Gasteiger partial charge in [0.1, 0.15) is 0 Å². The third-order valence-corrected chi connectivity index (χ3v) is 1.33. The third-order valence-electron chi connectivity index (χ3n) is 1.33. The topological polar surface area (TPSA) is 61.2 Å². The van der Waals surface area contributed by atoms with Crippen LogP contribution in [0.15, 0.2) is 9.21 Å². The molecule has 0 saturated heterocycles. The van der Waals surface area contributed by atoms with Crippen molar-refractivity contribution in [1.29, 1.82) is 0 Å². The summed E-state index contributed by atoms with van der Waals surface area (Å²) in [7, 11) is 1.61. The fourth-order valence-corrected chi connectivity index (χ4v) is 0.539. The van der Waals surface area contributed by atoms with E-state index in [9.17, 15) is 4.79 Å². The van der Waals surface area contributed by atoms with Crippen molar-refractivity contribution in [3.63, 3.8) is 0 Å². The Hall–Kier alpha value is -1.19. The standard InChI is InChI=1S/C5H8N2O2/c1-3-4(6)9-5(8)7(3)2/h6H2,1-2H3. The van der Waals surface area contributed by atoms with Crippen LogP contribution in [0.2, 0.25) is 0 Å². The molecule has 4 nitrogen and oxygen atoms in total. The number of nitrogens with two attached hydrogens (primary N) is 1. The second-order valence-corrected chi connectivity index (χ2v) is 1.88. The van der Waals surface area contributed by atoms with Crippen molar-refractivity contribution in [2.24, 2.45) is 7.05 Å². The minimum atomic E-state index is -0.412. The molecule has 0 amide bonds. The number of nitrogen functional groups attached to an aromatic ring is 1. The first-order chi connectivity index (χ1) is 4.13. The molecule has 1 aromatic heterocycles. The van der Waals surface area contributed by atoms with Crippen LogP contribution in [0, 0.1) is 6.92 Å². The van der Waals surface area contributed by atoms with Crippen molar-refractivity contribution in [3.05, 3.63) is 16.2 Å². The zero-order chi connectivity index (χ0) is 7.02. The summed E-state index contributed by atoms with van der Waals surface area (Å²) in [5, 5.41) is 0. The summed E-state index contributed by atoms with van der Waals surface area (Å²) < 4.78 is 5.89. The smallest absolute Gasteiger partial charge is 0.392 e.